The van der Waals surface area contributed by atoms with E-state index >= 15 is 0 Å². The first-order valence-corrected chi connectivity index (χ1v) is 6.01. The highest BCUT2D eigenvalue weighted by Crippen LogP contribution is 2.37. The summed E-state index contributed by atoms with van der Waals surface area (Å²) in [6.07, 6.45) is 1.43. The molecule has 3 atom stereocenters. The van der Waals surface area contributed by atoms with E-state index < -0.39 is 5.60 Å². The third-order valence-electron chi connectivity index (χ3n) is 3.34. The van der Waals surface area contributed by atoms with E-state index in [1.807, 2.05) is 20.8 Å². The molecule has 1 saturated carbocycles. The minimum absolute atomic E-state index is 0.225. The summed E-state index contributed by atoms with van der Waals surface area (Å²) in [7, 11) is 0. The molecule has 1 aliphatic heterocycles. The van der Waals surface area contributed by atoms with Crippen molar-refractivity contribution >= 4 is 6.09 Å². The fraction of sp³-hybridized carbons (Fsp3) is 0.917. The van der Waals surface area contributed by atoms with Crippen LogP contribution in [0, 0.1) is 11.8 Å². The van der Waals surface area contributed by atoms with Gasteiger partial charge in [-0.3, -0.25) is 0 Å². The summed E-state index contributed by atoms with van der Waals surface area (Å²) in [5.74, 6) is 0.715. The van der Waals surface area contributed by atoms with Gasteiger partial charge in [-0.05, 0) is 39.5 Å². The van der Waals surface area contributed by atoms with Gasteiger partial charge in [0.1, 0.15) is 5.60 Å². The van der Waals surface area contributed by atoms with Crippen molar-refractivity contribution in [2.45, 2.75) is 45.3 Å². The number of carbonyl (C=O) groups is 1. The number of piperidine rings is 1. The van der Waals surface area contributed by atoms with Crippen LogP contribution in [-0.2, 0) is 4.74 Å². The van der Waals surface area contributed by atoms with Gasteiger partial charge in [-0.15, -0.1) is 0 Å². The Balaban J connectivity index is 1.94. The Morgan fingerprint density at radius 1 is 1.31 bits per heavy atom. The molecule has 0 unspecified atom stereocenters. The van der Waals surface area contributed by atoms with Gasteiger partial charge in [0.25, 0.3) is 0 Å². The summed E-state index contributed by atoms with van der Waals surface area (Å²) < 4.78 is 5.34. The Morgan fingerprint density at radius 2 is 2.00 bits per heavy atom. The van der Waals surface area contributed by atoms with Crippen molar-refractivity contribution in [1.82, 2.24) is 4.90 Å². The second kappa shape index (κ2) is 3.91. The fourth-order valence-electron chi connectivity index (χ4n) is 2.71. The van der Waals surface area contributed by atoms with Gasteiger partial charge in [0.05, 0.1) is 6.10 Å². The molecular formula is C12H21NO3. The first kappa shape index (κ1) is 11.7. The zero-order valence-corrected chi connectivity index (χ0v) is 10.3. The molecule has 0 spiro atoms. The Kier molecular flexibility index (Phi) is 2.86. The van der Waals surface area contributed by atoms with Crippen LogP contribution in [0.3, 0.4) is 0 Å². The van der Waals surface area contributed by atoms with Crippen LogP contribution in [0.2, 0.25) is 0 Å². The van der Waals surface area contributed by atoms with Crippen LogP contribution in [-0.4, -0.2) is 40.9 Å². The Morgan fingerprint density at radius 3 is 2.56 bits per heavy atom. The number of hydrogen-bond acceptors (Lipinski definition) is 3. The van der Waals surface area contributed by atoms with E-state index in [0.29, 0.717) is 12.5 Å². The third kappa shape index (κ3) is 2.48. The van der Waals surface area contributed by atoms with Gasteiger partial charge in [0, 0.05) is 19.0 Å². The first-order chi connectivity index (χ1) is 7.35. The summed E-state index contributed by atoms with van der Waals surface area (Å²) in [4.78, 5) is 13.6. The highest BCUT2D eigenvalue weighted by atomic mass is 16.6. The topological polar surface area (TPSA) is 49.8 Å². The monoisotopic (exact) mass is 227 g/mol. The Labute approximate surface area is 96.6 Å². The second-order valence-electron chi connectivity index (χ2n) is 6.05. The van der Waals surface area contributed by atoms with Gasteiger partial charge in [0.15, 0.2) is 0 Å². The molecule has 2 rings (SSSR count). The van der Waals surface area contributed by atoms with Crippen molar-refractivity contribution in [2.75, 3.05) is 13.1 Å². The highest BCUT2D eigenvalue weighted by Gasteiger charge is 2.41. The van der Waals surface area contributed by atoms with Crippen LogP contribution >= 0.6 is 0 Å². The number of likely N-dealkylation sites (tertiary alicyclic amines) is 1. The molecule has 1 saturated heterocycles. The maximum Gasteiger partial charge on any atom is 0.410 e. The van der Waals surface area contributed by atoms with Crippen LogP contribution in [0.5, 0.6) is 0 Å². The Bertz CT molecular complexity index is 282. The molecule has 92 valence electrons. The number of aliphatic hydroxyl groups excluding tert-OH is 1. The summed E-state index contributed by atoms with van der Waals surface area (Å²) in [5, 5.41) is 9.75. The molecule has 1 N–H and O–H groups in total. The SMILES string of the molecule is CC(C)(C)OC(=O)N1C[C@H]2C[C@@H](C1)[C@@H](O)C2. The minimum Gasteiger partial charge on any atom is -0.444 e. The van der Waals surface area contributed by atoms with Gasteiger partial charge in [-0.1, -0.05) is 0 Å². The van der Waals surface area contributed by atoms with Crippen LogP contribution < -0.4 is 0 Å². The van der Waals surface area contributed by atoms with E-state index in [1.54, 1.807) is 4.90 Å². The van der Waals surface area contributed by atoms with Gasteiger partial charge < -0.3 is 14.7 Å². The molecule has 0 radical (unpaired) electrons. The van der Waals surface area contributed by atoms with E-state index in [4.69, 9.17) is 4.74 Å². The minimum atomic E-state index is -0.438. The quantitative estimate of drug-likeness (QED) is 0.684. The van der Waals surface area contributed by atoms with Gasteiger partial charge in [-0.25, -0.2) is 4.79 Å². The lowest BCUT2D eigenvalue weighted by Crippen LogP contribution is -2.44. The lowest BCUT2D eigenvalue weighted by atomic mass is 9.99. The molecule has 1 heterocycles. The zero-order chi connectivity index (χ0) is 11.9. The maximum atomic E-state index is 11.9. The van der Waals surface area contributed by atoms with Crippen molar-refractivity contribution in [3.8, 4) is 0 Å². The summed E-state index contributed by atoms with van der Waals surface area (Å²) in [5.41, 5.74) is -0.438. The highest BCUT2D eigenvalue weighted by molar-refractivity contribution is 5.68. The lowest BCUT2D eigenvalue weighted by Gasteiger charge is -2.33. The van der Waals surface area contributed by atoms with E-state index in [0.717, 1.165) is 19.4 Å². The number of aliphatic hydroxyl groups is 1. The van der Waals surface area contributed by atoms with Crippen LogP contribution in [0.4, 0.5) is 4.79 Å². The molecule has 0 aromatic carbocycles. The smallest absolute Gasteiger partial charge is 0.410 e. The predicted octanol–water partition coefficient (Wildman–Crippen LogP) is 1.62. The molecular weight excluding hydrogens is 206 g/mol. The van der Waals surface area contributed by atoms with Crippen molar-refractivity contribution in [3.63, 3.8) is 0 Å². The normalized spacial score (nSPS) is 34.0. The van der Waals surface area contributed by atoms with Crippen LogP contribution in [0.1, 0.15) is 33.6 Å². The Hall–Kier alpha value is -0.770. The molecule has 0 aromatic heterocycles. The summed E-state index contributed by atoms with van der Waals surface area (Å²) >= 11 is 0. The molecule has 1 amide bonds. The molecule has 0 aromatic rings. The average Bonchev–Trinajstić information content (AvgIpc) is 2.37. The van der Waals surface area contributed by atoms with Crippen LogP contribution in [0.15, 0.2) is 0 Å². The van der Waals surface area contributed by atoms with E-state index in [2.05, 4.69) is 0 Å². The number of hydrogen-bond donors (Lipinski definition) is 1. The van der Waals surface area contributed by atoms with E-state index in [1.165, 1.54) is 0 Å². The largest absolute Gasteiger partial charge is 0.444 e. The molecule has 16 heavy (non-hydrogen) atoms. The number of fused-ring (bicyclic) bond motifs is 2. The number of nitrogens with zero attached hydrogens (tertiary/aromatic N) is 1. The molecule has 2 fully saturated rings. The van der Waals surface area contributed by atoms with Crippen molar-refractivity contribution < 1.29 is 14.6 Å². The van der Waals surface area contributed by atoms with Crippen molar-refractivity contribution in [1.29, 1.82) is 0 Å². The molecule has 4 nitrogen and oxygen atoms in total. The molecule has 1 aliphatic carbocycles. The number of ether oxygens (including phenoxy) is 1. The van der Waals surface area contributed by atoms with Gasteiger partial charge in [-0.2, -0.15) is 0 Å². The molecule has 4 heteroatoms. The van der Waals surface area contributed by atoms with Crippen LogP contribution in [0.25, 0.3) is 0 Å². The van der Waals surface area contributed by atoms with Crippen molar-refractivity contribution in [2.24, 2.45) is 11.8 Å². The standard InChI is InChI=1S/C12H21NO3/c1-12(2,3)16-11(15)13-6-8-4-9(7-13)10(14)5-8/h8-10,14H,4-7H2,1-3H3/t8-,9-,10-/m0/s1. The zero-order valence-electron chi connectivity index (χ0n) is 10.3. The third-order valence-corrected chi connectivity index (χ3v) is 3.34. The van der Waals surface area contributed by atoms with Gasteiger partial charge >= 0.3 is 6.09 Å². The van der Waals surface area contributed by atoms with Gasteiger partial charge in [0.2, 0.25) is 0 Å². The molecule has 2 aliphatic rings. The average molecular weight is 227 g/mol. The molecule has 2 bridgehead atoms. The lowest BCUT2D eigenvalue weighted by molar-refractivity contribution is 0.0122. The summed E-state index contributed by atoms with van der Waals surface area (Å²) in [6.45, 7) is 7.00. The van der Waals surface area contributed by atoms with E-state index in [-0.39, 0.29) is 18.1 Å². The summed E-state index contributed by atoms with van der Waals surface area (Å²) in [6, 6.07) is 0. The first-order valence-electron chi connectivity index (χ1n) is 6.01. The second-order valence-corrected chi connectivity index (χ2v) is 6.05. The maximum absolute atomic E-state index is 11.9. The number of rotatable bonds is 0. The van der Waals surface area contributed by atoms with Crippen molar-refractivity contribution in [3.05, 3.63) is 0 Å². The van der Waals surface area contributed by atoms with E-state index in [9.17, 15) is 9.90 Å². The fourth-order valence-corrected chi connectivity index (χ4v) is 2.71. The predicted molar refractivity (Wildman–Crippen MR) is 60.0 cm³/mol. The number of amides is 1. The number of carbonyl (C=O) groups excluding carboxylic acids is 1.